The Bertz CT molecular complexity index is 1430. The summed E-state index contributed by atoms with van der Waals surface area (Å²) >= 11 is 3.43. The van der Waals surface area contributed by atoms with Gasteiger partial charge in [0.1, 0.15) is 12.7 Å². The van der Waals surface area contributed by atoms with E-state index >= 15 is 0 Å². The van der Waals surface area contributed by atoms with Crippen LogP contribution in [-0.2, 0) is 19.1 Å². The van der Waals surface area contributed by atoms with Gasteiger partial charge in [-0.3, -0.25) is 9.59 Å². The molecule has 2 saturated carbocycles. The van der Waals surface area contributed by atoms with Gasteiger partial charge in [-0.05, 0) is 84.8 Å². The van der Waals surface area contributed by atoms with E-state index in [9.17, 15) is 24.6 Å². The van der Waals surface area contributed by atoms with Gasteiger partial charge in [0, 0.05) is 16.8 Å². The van der Waals surface area contributed by atoms with Gasteiger partial charge in [0.05, 0.1) is 11.0 Å². The number of allylic oxidation sites excluding steroid dienone is 1. The Morgan fingerprint density at radius 2 is 1.74 bits per heavy atom. The molecule has 1 aromatic carbocycles. The molecule has 0 aliphatic heterocycles. The zero-order valence-electron chi connectivity index (χ0n) is 28.2. The van der Waals surface area contributed by atoms with Crippen LogP contribution in [0.3, 0.4) is 0 Å². The number of fused-ring (bicyclic) bond motifs is 3. The molecule has 2 fully saturated rings. The molecule has 7 nitrogen and oxygen atoms in total. The second-order valence-electron chi connectivity index (χ2n) is 15.0. The van der Waals surface area contributed by atoms with Crippen LogP contribution in [0, 0.1) is 41.4 Å². The number of aryl methyl sites for hydroxylation is 1. The SMILES string of the molecule is CCCCCCCCCC(=O)OCC1=C[C@@H]2C(=O)C3(C=C(C)[C@H](OC(=O)c4ccc(Br)cc4C)[C@@]3(O)[C@@H]1O)C(C)C[C@@H]1[C@H]2C1(C)C. The molecule has 4 aliphatic carbocycles. The molecule has 0 radical (unpaired) electrons. The molecule has 46 heavy (non-hydrogen) atoms. The number of aliphatic hydroxyl groups excluding tert-OH is 1. The minimum absolute atomic E-state index is 0.0375. The van der Waals surface area contributed by atoms with Crippen LogP contribution in [0.1, 0.15) is 108 Å². The summed E-state index contributed by atoms with van der Waals surface area (Å²) in [5.41, 5.74) is -1.91. The first-order valence-corrected chi connectivity index (χ1v) is 18.0. The topological polar surface area (TPSA) is 110 Å². The quantitative estimate of drug-likeness (QED) is 0.133. The first-order chi connectivity index (χ1) is 21.7. The molecule has 5 rings (SSSR count). The number of benzene rings is 1. The van der Waals surface area contributed by atoms with Gasteiger partial charge in [0.15, 0.2) is 17.5 Å². The number of hydrogen-bond acceptors (Lipinski definition) is 7. The number of carbonyl (C=O) groups excluding carboxylic acids is 3. The molecular formula is C38H51BrO7. The number of ketones is 1. The summed E-state index contributed by atoms with van der Waals surface area (Å²) in [4.78, 5) is 41.2. The lowest BCUT2D eigenvalue weighted by Crippen LogP contribution is -2.65. The summed E-state index contributed by atoms with van der Waals surface area (Å²) < 4.78 is 12.6. The second-order valence-corrected chi connectivity index (χ2v) is 15.9. The maximum atomic E-state index is 14.8. The summed E-state index contributed by atoms with van der Waals surface area (Å²) in [5.74, 6) is -1.79. The smallest absolute Gasteiger partial charge is 0.339 e. The predicted molar refractivity (Wildman–Crippen MR) is 180 cm³/mol. The molecule has 0 amide bonds. The van der Waals surface area contributed by atoms with Crippen LogP contribution in [0.5, 0.6) is 0 Å². The fourth-order valence-electron chi connectivity index (χ4n) is 9.07. The summed E-state index contributed by atoms with van der Waals surface area (Å²) in [7, 11) is 0. The van der Waals surface area contributed by atoms with E-state index in [1.54, 1.807) is 38.1 Å². The van der Waals surface area contributed by atoms with Crippen molar-refractivity contribution < 1.29 is 34.1 Å². The van der Waals surface area contributed by atoms with Gasteiger partial charge in [-0.25, -0.2) is 4.79 Å². The summed E-state index contributed by atoms with van der Waals surface area (Å²) in [6.45, 7) is 11.8. The average Bonchev–Trinajstić information content (AvgIpc) is 3.49. The molecule has 4 aliphatic rings. The largest absolute Gasteiger partial charge is 0.461 e. The minimum Gasteiger partial charge on any atom is -0.461 e. The van der Waals surface area contributed by atoms with E-state index in [4.69, 9.17) is 9.47 Å². The molecule has 2 bridgehead atoms. The highest BCUT2D eigenvalue weighted by Crippen LogP contribution is 2.71. The second kappa shape index (κ2) is 13.3. The Morgan fingerprint density at radius 3 is 2.41 bits per heavy atom. The van der Waals surface area contributed by atoms with Gasteiger partial charge in [-0.1, -0.05) is 94.3 Å². The Hall–Kier alpha value is -2.29. The van der Waals surface area contributed by atoms with Crippen molar-refractivity contribution in [3.63, 3.8) is 0 Å². The highest BCUT2D eigenvalue weighted by Gasteiger charge is 2.76. The zero-order chi connectivity index (χ0) is 33.6. The van der Waals surface area contributed by atoms with Gasteiger partial charge in [-0.2, -0.15) is 0 Å². The minimum atomic E-state index is -2.18. The number of hydrogen-bond donors (Lipinski definition) is 2. The predicted octanol–water partition coefficient (Wildman–Crippen LogP) is 7.44. The molecule has 8 atom stereocenters. The van der Waals surface area contributed by atoms with Crippen LogP contribution < -0.4 is 0 Å². The lowest BCUT2D eigenvalue weighted by molar-refractivity contribution is -0.191. The molecule has 1 spiro atoms. The molecule has 2 N–H and O–H groups in total. The van der Waals surface area contributed by atoms with E-state index in [2.05, 4.69) is 36.7 Å². The summed E-state index contributed by atoms with van der Waals surface area (Å²) in [5, 5.41) is 25.1. The maximum Gasteiger partial charge on any atom is 0.339 e. The molecular weight excluding hydrogens is 648 g/mol. The Morgan fingerprint density at radius 1 is 1.07 bits per heavy atom. The van der Waals surface area contributed by atoms with E-state index in [0.717, 1.165) is 30.2 Å². The van der Waals surface area contributed by atoms with Crippen molar-refractivity contribution in [2.75, 3.05) is 6.61 Å². The van der Waals surface area contributed by atoms with E-state index in [1.165, 1.54) is 19.3 Å². The van der Waals surface area contributed by atoms with E-state index in [-0.39, 0.29) is 53.5 Å². The van der Waals surface area contributed by atoms with Gasteiger partial charge in [-0.15, -0.1) is 0 Å². The summed E-state index contributed by atoms with van der Waals surface area (Å²) in [6.07, 6.45) is 9.17. The highest BCUT2D eigenvalue weighted by atomic mass is 79.9. The number of carbonyl (C=O) groups is 3. The lowest BCUT2D eigenvalue weighted by atomic mass is 9.59. The van der Waals surface area contributed by atoms with Crippen molar-refractivity contribution in [2.24, 2.45) is 34.5 Å². The van der Waals surface area contributed by atoms with Crippen LogP contribution in [0.25, 0.3) is 0 Å². The van der Waals surface area contributed by atoms with Crippen molar-refractivity contribution in [3.8, 4) is 0 Å². The Kier molecular flexibility index (Phi) is 10.1. The van der Waals surface area contributed by atoms with Crippen LogP contribution in [0.15, 0.2) is 46.0 Å². The average molecular weight is 700 g/mol. The lowest BCUT2D eigenvalue weighted by Gasteiger charge is -2.48. The number of esters is 2. The number of rotatable bonds is 12. The van der Waals surface area contributed by atoms with Gasteiger partial charge in [0.2, 0.25) is 0 Å². The fourth-order valence-corrected chi connectivity index (χ4v) is 9.55. The third-order valence-corrected chi connectivity index (χ3v) is 12.2. The third-order valence-electron chi connectivity index (χ3n) is 11.7. The Balaban J connectivity index is 1.43. The first kappa shape index (κ1) is 35.0. The van der Waals surface area contributed by atoms with Gasteiger partial charge in [0.25, 0.3) is 0 Å². The van der Waals surface area contributed by atoms with Crippen LogP contribution >= 0.6 is 15.9 Å². The number of Topliss-reactive ketones (excluding diaryl/α,β-unsaturated/α-hetero) is 1. The molecule has 0 aromatic heterocycles. The van der Waals surface area contributed by atoms with Crippen molar-refractivity contribution >= 4 is 33.7 Å². The number of halogens is 1. The van der Waals surface area contributed by atoms with Crippen molar-refractivity contribution in [1.29, 1.82) is 0 Å². The molecule has 8 heteroatoms. The zero-order valence-corrected chi connectivity index (χ0v) is 29.8. The standard InChI is InChI=1S/C38H51BrO7/c1-7-8-9-10-11-12-13-14-30(40)45-21-25-19-28-31-29(36(31,5)6)18-24(4)37(33(28)42)20-23(3)34(38(37,44)32(25)41)46-35(43)27-16-15-26(39)17-22(27)2/h15-17,19-20,24,28-29,31-32,34,41,44H,7-14,18,21H2,1-6H3/t24?,28-,29+,31-,32+,34-,37?,38-/m0/s1. The third kappa shape index (κ3) is 5.85. The van der Waals surface area contributed by atoms with Crippen molar-refractivity contribution in [1.82, 2.24) is 0 Å². The van der Waals surface area contributed by atoms with Crippen LogP contribution in [0.4, 0.5) is 0 Å². The van der Waals surface area contributed by atoms with E-state index in [1.807, 2.05) is 13.0 Å². The molecule has 252 valence electrons. The summed E-state index contributed by atoms with van der Waals surface area (Å²) in [6, 6.07) is 5.21. The Labute approximate surface area is 282 Å². The fraction of sp³-hybridized carbons (Fsp3) is 0.658. The van der Waals surface area contributed by atoms with Crippen molar-refractivity contribution in [3.05, 3.63) is 57.1 Å². The monoisotopic (exact) mass is 698 g/mol. The van der Waals surface area contributed by atoms with Gasteiger partial charge >= 0.3 is 11.9 Å². The normalized spacial score (nSPS) is 34.0. The molecule has 0 saturated heterocycles. The van der Waals surface area contributed by atoms with E-state index < -0.39 is 35.1 Å². The number of ether oxygens (including phenoxy) is 2. The molecule has 0 heterocycles. The number of aliphatic hydroxyl groups is 2. The van der Waals surface area contributed by atoms with Crippen molar-refractivity contribution in [2.45, 2.75) is 117 Å². The highest BCUT2D eigenvalue weighted by molar-refractivity contribution is 9.10. The maximum absolute atomic E-state index is 14.8. The number of unbranched alkanes of at least 4 members (excludes halogenated alkanes) is 6. The van der Waals surface area contributed by atoms with E-state index in [0.29, 0.717) is 23.1 Å². The molecule has 2 unspecified atom stereocenters. The van der Waals surface area contributed by atoms with Crippen LogP contribution in [0.2, 0.25) is 0 Å². The first-order valence-electron chi connectivity index (χ1n) is 17.2. The molecule has 1 aromatic rings. The van der Waals surface area contributed by atoms with Crippen LogP contribution in [-0.4, -0.2) is 52.4 Å². The van der Waals surface area contributed by atoms with Gasteiger partial charge < -0.3 is 19.7 Å².